The molecule has 4 rings (SSSR count). The molecule has 1 fully saturated rings. The molecule has 0 spiro atoms. The van der Waals surface area contributed by atoms with Crippen LogP contribution in [0.15, 0.2) is 79.1 Å². The largest absolute Gasteiger partial charge is 0.504 e. The highest BCUT2D eigenvalue weighted by Crippen LogP contribution is 2.26. The predicted octanol–water partition coefficient (Wildman–Crippen LogP) is 3.74. The van der Waals surface area contributed by atoms with Crippen LogP contribution in [-0.2, 0) is 22.7 Å². The third-order valence-corrected chi connectivity index (χ3v) is 5.90. The zero-order chi connectivity index (χ0) is 24.5. The van der Waals surface area contributed by atoms with Gasteiger partial charge >= 0.3 is 0 Å². The minimum atomic E-state index is -0.132. The number of ether oxygens (including phenoxy) is 2. The van der Waals surface area contributed by atoms with Gasteiger partial charge in [-0.25, -0.2) is 0 Å². The number of carbonyl (C=O) groups is 1. The lowest BCUT2D eigenvalue weighted by atomic mass is 10.2. The fourth-order valence-corrected chi connectivity index (χ4v) is 4.08. The van der Waals surface area contributed by atoms with E-state index in [1.54, 1.807) is 24.5 Å². The molecular formula is C28H31N3O4. The topological polar surface area (TPSA) is 75.1 Å². The van der Waals surface area contributed by atoms with Crippen LogP contribution in [0.1, 0.15) is 16.7 Å². The van der Waals surface area contributed by atoms with Crippen LogP contribution in [0, 0.1) is 0 Å². The van der Waals surface area contributed by atoms with Crippen LogP contribution in [0.25, 0.3) is 6.08 Å². The molecule has 1 atom stereocenters. The summed E-state index contributed by atoms with van der Waals surface area (Å²) in [4.78, 5) is 21.3. The van der Waals surface area contributed by atoms with Crippen molar-refractivity contribution in [2.75, 3.05) is 33.3 Å². The Bertz CT molecular complexity index is 1120. The number of hydrogen-bond acceptors (Lipinski definition) is 6. The fourth-order valence-electron chi connectivity index (χ4n) is 4.08. The Balaban J connectivity index is 1.45. The minimum absolute atomic E-state index is 0.0843. The molecule has 7 nitrogen and oxygen atoms in total. The van der Waals surface area contributed by atoms with E-state index >= 15 is 0 Å². The summed E-state index contributed by atoms with van der Waals surface area (Å²) in [6.45, 7) is 3.10. The van der Waals surface area contributed by atoms with Gasteiger partial charge in [0.25, 0.3) is 0 Å². The van der Waals surface area contributed by atoms with E-state index in [0.29, 0.717) is 45.1 Å². The smallest absolute Gasteiger partial charge is 0.237 e. The summed E-state index contributed by atoms with van der Waals surface area (Å²) in [7, 11) is 1.53. The lowest BCUT2D eigenvalue weighted by Gasteiger charge is -2.25. The molecule has 1 saturated heterocycles. The van der Waals surface area contributed by atoms with Crippen LogP contribution in [-0.4, -0.2) is 65.2 Å². The van der Waals surface area contributed by atoms with E-state index in [9.17, 15) is 9.90 Å². The lowest BCUT2D eigenvalue weighted by Crippen LogP contribution is -2.37. The molecule has 182 valence electrons. The number of hydrogen-bond donors (Lipinski definition) is 1. The Morgan fingerprint density at radius 1 is 1.09 bits per heavy atom. The maximum Gasteiger partial charge on any atom is 0.237 e. The molecular weight excluding hydrogens is 442 g/mol. The maximum absolute atomic E-state index is 13.2. The van der Waals surface area contributed by atoms with Gasteiger partial charge in [-0.05, 0) is 34.9 Å². The molecule has 1 aliphatic heterocycles. The van der Waals surface area contributed by atoms with Crippen molar-refractivity contribution in [3.8, 4) is 11.5 Å². The molecule has 0 saturated carbocycles. The molecule has 35 heavy (non-hydrogen) atoms. The standard InChI is InChI=1S/C28H31N3O4/c1-34-27-15-22(11-12-26(27)32)10-6-14-30-18-25(35-21-24-9-5-13-29-16-24)19-31(28(33)20-30)17-23-7-3-2-4-8-23/h2-13,15-16,25,32H,14,17-21H2,1H3/b10-6+/t25-/m0/s1. The average Bonchev–Trinajstić information content (AvgIpc) is 3.03. The first kappa shape index (κ1) is 24.4. The maximum atomic E-state index is 13.2. The molecule has 1 amide bonds. The molecule has 0 unspecified atom stereocenters. The molecule has 2 heterocycles. The van der Waals surface area contributed by atoms with Gasteiger partial charge in [-0.2, -0.15) is 0 Å². The molecule has 1 aromatic heterocycles. The summed E-state index contributed by atoms with van der Waals surface area (Å²) in [5, 5.41) is 9.80. The molecule has 7 heteroatoms. The number of pyridine rings is 1. The van der Waals surface area contributed by atoms with Gasteiger partial charge in [0.2, 0.25) is 5.91 Å². The second-order valence-corrected chi connectivity index (χ2v) is 8.58. The van der Waals surface area contributed by atoms with E-state index in [1.165, 1.54) is 7.11 Å². The van der Waals surface area contributed by atoms with Gasteiger partial charge in [-0.15, -0.1) is 0 Å². The number of aromatic hydroxyl groups is 1. The second kappa shape index (κ2) is 12.1. The molecule has 3 aromatic rings. The van der Waals surface area contributed by atoms with Gasteiger partial charge in [-0.1, -0.05) is 54.6 Å². The lowest BCUT2D eigenvalue weighted by molar-refractivity contribution is -0.132. The predicted molar refractivity (Wildman–Crippen MR) is 135 cm³/mol. The van der Waals surface area contributed by atoms with Crippen LogP contribution in [0.2, 0.25) is 0 Å². The van der Waals surface area contributed by atoms with Crippen molar-refractivity contribution in [3.05, 3.63) is 95.8 Å². The first-order chi connectivity index (χ1) is 17.1. The zero-order valence-corrected chi connectivity index (χ0v) is 19.9. The summed E-state index contributed by atoms with van der Waals surface area (Å²) >= 11 is 0. The van der Waals surface area contributed by atoms with E-state index < -0.39 is 0 Å². The van der Waals surface area contributed by atoms with E-state index in [4.69, 9.17) is 9.47 Å². The number of phenols is 1. The van der Waals surface area contributed by atoms with Gasteiger partial charge in [-0.3, -0.25) is 14.7 Å². The first-order valence-electron chi connectivity index (χ1n) is 11.7. The summed E-state index contributed by atoms with van der Waals surface area (Å²) in [5.41, 5.74) is 3.02. The van der Waals surface area contributed by atoms with Crippen LogP contribution >= 0.6 is 0 Å². The van der Waals surface area contributed by atoms with Crippen molar-refractivity contribution in [2.24, 2.45) is 0 Å². The first-order valence-corrected chi connectivity index (χ1v) is 11.7. The molecule has 1 aliphatic rings. The Labute approximate surface area is 206 Å². The third-order valence-electron chi connectivity index (χ3n) is 5.90. The van der Waals surface area contributed by atoms with Crippen LogP contribution < -0.4 is 4.74 Å². The highest BCUT2D eigenvalue weighted by atomic mass is 16.5. The molecule has 1 N–H and O–H groups in total. The van der Waals surface area contributed by atoms with Crippen LogP contribution in [0.5, 0.6) is 11.5 Å². The average molecular weight is 474 g/mol. The molecule has 0 bridgehead atoms. The van der Waals surface area contributed by atoms with Gasteiger partial charge in [0, 0.05) is 38.6 Å². The minimum Gasteiger partial charge on any atom is -0.504 e. The van der Waals surface area contributed by atoms with Crippen LogP contribution in [0.4, 0.5) is 0 Å². The van der Waals surface area contributed by atoms with Crippen molar-refractivity contribution < 1.29 is 19.4 Å². The number of benzene rings is 2. The fraction of sp³-hybridized carbons (Fsp3) is 0.286. The number of aromatic nitrogens is 1. The summed E-state index contributed by atoms with van der Waals surface area (Å²) < 4.78 is 11.4. The van der Waals surface area contributed by atoms with E-state index in [1.807, 2.05) is 65.6 Å². The Hall–Kier alpha value is -3.68. The summed E-state index contributed by atoms with van der Waals surface area (Å²) in [5.74, 6) is 0.619. The number of nitrogens with zero attached hydrogens (tertiary/aromatic N) is 3. The number of methoxy groups -OCH3 is 1. The van der Waals surface area contributed by atoms with Gasteiger partial charge in [0.15, 0.2) is 11.5 Å². The molecule has 0 radical (unpaired) electrons. The van der Waals surface area contributed by atoms with Crippen molar-refractivity contribution in [2.45, 2.75) is 19.3 Å². The van der Waals surface area contributed by atoms with Crippen LogP contribution in [0.3, 0.4) is 0 Å². The summed E-state index contributed by atoms with van der Waals surface area (Å²) in [6.07, 6.45) is 7.39. The van der Waals surface area contributed by atoms with Crippen molar-refractivity contribution in [1.82, 2.24) is 14.8 Å². The quantitative estimate of drug-likeness (QED) is 0.510. The van der Waals surface area contributed by atoms with Crippen molar-refractivity contribution in [3.63, 3.8) is 0 Å². The highest BCUT2D eigenvalue weighted by molar-refractivity contribution is 5.78. The second-order valence-electron chi connectivity index (χ2n) is 8.58. The number of carbonyl (C=O) groups excluding carboxylic acids is 1. The van der Waals surface area contributed by atoms with Crippen molar-refractivity contribution >= 4 is 12.0 Å². The number of rotatable bonds is 9. The van der Waals surface area contributed by atoms with Gasteiger partial charge in [0.05, 0.1) is 26.4 Å². The van der Waals surface area contributed by atoms with E-state index in [0.717, 1.165) is 16.7 Å². The monoisotopic (exact) mass is 473 g/mol. The highest BCUT2D eigenvalue weighted by Gasteiger charge is 2.28. The number of amides is 1. The third kappa shape index (κ3) is 7.15. The van der Waals surface area contributed by atoms with E-state index in [-0.39, 0.29) is 17.8 Å². The zero-order valence-electron chi connectivity index (χ0n) is 19.9. The van der Waals surface area contributed by atoms with Crippen molar-refractivity contribution in [1.29, 1.82) is 0 Å². The summed E-state index contributed by atoms with van der Waals surface area (Å²) in [6, 6.07) is 19.1. The Morgan fingerprint density at radius 3 is 2.69 bits per heavy atom. The SMILES string of the molecule is COc1cc(/C=C/CN2CC(=O)N(Cc3ccccc3)C[C@@H](OCc3cccnc3)C2)ccc1O. The normalized spacial score (nSPS) is 17.0. The number of phenolic OH excluding ortho intramolecular Hbond substituents is 1. The molecule has 2 aromatic carbocycles. The Morgan fingerprint density at radius 2 is 1.91 bits per heavy atom. The Kier molecular flexibility index (Phi) is 8.48. The van der Waals surface area contributed by atoms with Gasteiger partial charge in [0.1, 0.15) is 0 Å². The van der Waals surface area contributed by atoms with Gasteiger partial charge < -0.3 is 19.5 Å². The van der Waals surface area contributed by atoms with E-state index in [2.05, 4.69) is 9.88 Å². The molecule has 0 aliphatic carbocycles.